The van der Waals surface area contributed by atoms with Crippen LogP contribution in [0.3, 0.4) is 0 Å². The van der Waals surface area contributed by atoms with Gasteiger partial charge in [-0.2, -0.15) is 0 Å². The average Bonchev–Trinajstić information content (AvgIpc) is 2.34. The van der Waals surface area contributed by atoms with Gasteiger partial charge in [-0.1, -0.05) is 29.1 Å². The molecular weight excluding hydrogens is 255 g/mol. The molecule has 0 N–H and O–H groups in total. The molecule has 0 fully saturated rings. The highest BCUT2D eigenvalue weighted by Crippen LogP contribution is 2.30. The molecule has 0 saturated heterocycles. The van der Waals surface area contributed by atoms with E-state index in [1.807, 2.05) is 0 Å². The second kappa shape index (κ2) is 5.14. The van der Waals surface area contributed by atoms with Crippen LogP contribution >= 0.6 is 23.2 Å². The summed E-state index contributed by atoms with van der Waals surface area (Å²) in [5.41, 5.74) is 0.721. The van der Waals surface area contributed by atoms with E-state index in [4.69, 9.17) is 34.4 Å². The minimum Gasteiger partial charge on any atom is -0.456 e. The molecule has 0 aliphatic rings. The van der Waals surface area contributed by atoms with Crippen LogP contribution in [0.5, 0.6) is 11.5 Å². The number of ether oxygens (including phenoxy) is 1. The molecule has 0 aliphatic carbocycles. The van der Waals surface area contributed by atoms with Crippen LogP contribution in [-0.2, 0) is 0 Å². The lowest BCUT2D eigenvalue weighted by molar-refractivity contribution is 0.483. The van der Waals surface area contributed by atoms with E-state index in [0.717, 1.165) is 5.56 Å². The molecule has 0 atom stereocenters. The Hall–Kier alpha value is -1.62. The number of rotatable bonds is 2. The molecule has 2 aromatic carbocycles. The fourth-order valence-corrected chi connectivity index (χ4v) is 1.65. The molecule has 2 rings (SSSR count). The van der Waals surface area contributed by atoms with Gasteiger partial charge in [-0.15, -0.1) is 6.42 Å². The summed E-state index contributed by atoms with van der Waals surface area (Å²) in [6.45, 7) is 0. The third-order valence-corrected chi connectivity index (χ3v) is 2.69. The lowest BCUT2D eigenvalue weighted by Crippen LogP contribution is -1.85. The minimum absolute atomic E-state index is 0.482. The first-order chi connectivity index (χ1) is 8.19. The molecule has 84 valence electrons. The zero-order valence-electron chi connectivity index (χ0n) is 8.78. The lowest BCUT2D eigenvalue weighted by Gasteiger charge is -2.07. The third-order valence-electron chi connectivity index (χ3n) is 2.14. The van der Waals surface area contributed by atoms with Gasteiger partial charge in [0.25, 0.3) is 0 Å². The van der Waals surface area contributed by atoms with Gasteiger partial charge in [0.2, 0.25) is 0 Å². The first kappa shape index (κ1) is 11.9. The molecule has 0 aromatic heterocycles. The van der Waals surface area contributed by atoms with E-state index in [2.05, 4.69) is 5.92 Å². The van der Waals surface area contributed by atoms with Crippen LogP contribution in [0.1, 0.15) is 5.56 Å². The summed E-state index contributed by atoms with van der Waals surface area (Å²) in [5.74, 6) is 3.74. The summed E-state index contributed by atoms with van der Waals surface area (Å²) in [5, 5.41) is 1.14. The number of terminal acetylenes is 1. The maximum atomic E-state index is 6.04. The van der Waals surface area contributed by atoms with E-state index in [0.29, 0.717) is 21.5 Å². The molecule has 0 spiro atoms. The number of benzene rings is 2. The van der Waals surface area contributed by atoms with Gasteiger partial charge in [0.05, 0.1) is 5.02 Å². The molecule has 0 unspecified atom stereocenters. The Morgan fingerprint density at radius 2 is 1.71 bits per heavy atom. The molecule has 0 aliphatic heterocycles. The second-order valence-electron chi connectivity index (χ2n) is 3.35. The lowest BCUT2D eigenvalue weighted by atomic mass is 10.2. The Bertz CT molecular complexity index is 568. The molecule has 0 bridgehead atoms. The standard InChI is InChI=1S/C14H8Cl2O/c1-2-10-3-8-14(13(16)9-10)17-12-6-4-11(15)5-7-12/h1,3-9H. The van der Waals surface area contributed by atoms with Gasteiger partial charge in [-0.25, -0.2) is 0 Å². The van der Waals surface area contributed by atoms with Crippen LogP contribution in [0.4, 0.5) is 0 Å². The van der Waals surface area contributed by atoms with Crippen molar-refractivity contribution in [2.45, 2.75) is 0 Å². The molecule has 0 saturated carbocycles. The van der Waals surface area contributed by atoms with E-state index in [9.17, 15) is 0 Å². The van der Waals surface area contributed by atoms with Gasteiger partial charge in [0, 0.05) is 10.6 Å². The molecule has 0 heterocycles. The van der Waals surface area contributed by atoms with Gasteiger partial charge in [0.15, 0.2) is 0 Å². The van der Waals surface area contributed by atoms with Crippen molar-refractivity contribution in [1.29, 1.82) is 0 Å². The summed E-state index contributed by atoms with van der Waals surface area (Å²) in [4.78, 5) is 0. The quantitative estimate of drug-likeness (QED) is 0.709. The predicted molar refractivity (Wildman–Crippen MR) is 70.9 cm³/mol. The molecule has 17 heavy (non-hydrogen) atoms. The monoisotopic (exact) mass is 262 g/mol. The summed E-state index contributed by atoms with van der Waals surface area (Å²) in [6, 6.07) is 12.2. The van der Waals surface area contributed by atoms with Gasteiger partial charge < -0.3 is 4.74 Å². The zero-order valence-corrected chi connectivity index (χ0v) is 10.3. The van der Waals surface area contributed by atoms with Gasteiger partial charge in [0.1, 0.15) is 11.5 Å². The van der Waals surface area contributed by atoms with Crippen molar-refractivity contribution in [3.63, 3.8) is 0 Å². The maximum absolute atomic E-state index is 6.04. The molecule has 3 heteroatoms. The topological polar surface area (TPSA) is 9.23 Å². The highest BCUT2D eigenvalue weighted by molar-refractivity contribution is 6.32. The van der Waals surface area contributed by atoms with E-state index in [1.165, 1.54) is 0 Å². The molecule has 0 radical (unpaired) electrons. The first-order valence-electron chi connectivity index (χ1n) is 4.88. The van der Waals surface area contributed by atoms with Crippen molar-refractivity contribution < 1.29 is 4.74 Å². The average molecular weight is 263 g/mol. The summed E-state index contributed by atoms with van der Waals surface area (Å²) in [7, 11) is 0. The van der Waals surface area contributed by atoms with Gasteiger partial charge in [-0.05, 0) is 42.5 Å². The van der Waals surface area contributed by atoms with Gasteiger partial charge >= 0.3 is 0 Å². The fraction of sp³-hybridized carbons (Fsp3) is 0. The Morgan fingerprint density at radius 3 is 2.29 bits per heavy atom. The minimum atomic E-state index is 0.482. The SMILES string of the molecule is C#Cc1ccc(Oc2ccc(Cl)cc2)c(Cl)c1. The summed E-state index contributed by atoms with van der Waals surface area (Å²) in [6.07, 6.45) is 5.27. The van der Waals surface area contributed by atoms with E-state index in [-0.39, 0.29) is 0 Å². The van der Waals surface area contributed by atoms with Crippen LogP contribution in [0.15, 0.2) is 42.5 Å². The fourth-order valence-electron chi connectivity index (χ4n) is 1.30. The Labute approximate surface area is 110 Å². The Morgan fingerprint density at radius 1 is 1.00 bits per heavy atom. The number of halogens is 2. The van der Waals surface area contributed by atoms with E-state index in [1.54, 1.807) is 42.5 Å². The molecular formula is C14H8Cl2O. The smallest absolute Gasteiger partial charge is 0.146 e. The predicted octanol–water partition coefficient (Wildman–Crippen LogP) is 4.77. The second-order valence-corrected chi connectivity index (χ2v) is 4.19. The first-order valence-corrected chi connectivity index (χ1v) is 5.64. The molecule has 2 aromatic rings. The van der Waals surface area contributed by atoms with E-state index >= 15 is 0 Å². The number of hydrogen-bond acceptors (Lipinski definition) is 1. The van der Waals surface area contributed by atoms with Crippen LogP contribution in [-0.4, -0.2) is 0 Å². The third kappa shape index (κ3) is 2.94. The van der Waals surface area contributed by atoms with E-state index < -0.39 is 0 Å². The normalized spacial score (nSPS) is 9.71. The molecule has 1 nitrogen and oxygen atoms in total. The Balaban J connectivity index is 2.25. The van der Waals surface area contributed by atoms with Crippen molar-refractivity contribution in [2.24, 2.45) is 0 Å². The molecule has 0 amide bonds. The maximum Gasteiger partial charge on any atom is 0.146 e. The zero-order chi connectivity index (χ0) is 12.3. The largest absolute Gasteiger partial charge is 0.456 e. The summed E-state index contributed by atoms with van der Waals surface area (Å²) >= 11 is 11.8. The number of hydrogen-bond donors (Lipinski definition) is 0. The van der Waals surface area contributed by atoms with Crippen molar-refractivity contribution in [3.8, 4) is 23.8 Å². The van der Waals surface area contributed by atoms with Crippen LogP contribution < -0.4 is 4.74 Å². The highest BCUT2D eigenvalue weighted by Gasteiger charge is 2.03. The van der Waals surface area contributed by atoms with Crippen molar-refractivity contribution in [3.05, 3.63) is 58.1 Å². The highest BCUT2D eigenvalue weighted by atomic mass is 35.5. The van der Waals surface area contributed by atoms with Gasteiger partial charge in [-0.3, -0.25) is 0 Å². The summed E-state index contributed by atoms with van der Waals surface area (Å²) < 4.78 is 5.60. The van der Waals surface area contributed by atoms with Crippen LogP contribution in [0.2, 0.25) is 10.0 Å². The van der Waals surface area contributed by atoms with Crippen molar-refractivity contribution in [2.75, 3.05) is 0 Å². The van der Waals surface area contributed by atoms with Crippen molar-refractivity contribution >= 4 is 23.2 Å². The Kier molecular flexibility index (Phi) is 3.58. The van der Waals surface area contributed by atoms with Crippen LogP contribution in [0.25, 0.3) is 0 Å². The van der Waals surface area contributed by atoms with Crippen molar-refractivity contribution in [1.82, 2.24) is 0 Å². The van der Waals surface area contributed by atoms with Crippen LogP contribution in [0, 0.1) is 12.3 Å².